The molecule has 1 amide bonds. The minimum atomic E-state index is 0.0485. The molecule has 1 saturated heterocycles. The molecular weight excluding hydrogens is 338 g/mol. The fraction of sp³-hybridized carbons (Fsp3) is 0.273. The van der Waals surface area contributed by atoms with Gasteiger partial charge in [-0.2, -0.15) is 5.10 Å². The van der Waals surface area contributed by atoms with E-state index in [1.165, 1.54) is 0 Å². The lowest BCUT2D eigenvalue weighted by Crippen LogP contribution is -2.28. The van der Waals surface area contributed by atoms with Crippen LogP contribution in [0, 0.1) is 5.92 Å². The SMILES string of the molecule is COc1ccc(-c2nn(-c3ccccc3)cc2C(=O)N2CCC(C)C2)cc1. The van der Waals surface area contributed by atoms with Crippen molar-refractivity contribution < 1.29 is 9.53 Å². The quantitative estimate of drug-likeness (QED) is 0.705. The van der Waals surface area contributed by atoms with E-state index in [-0.39, 0.29) is 5.91 Å². The minimum Gasteiger partial charge on any atom is -0.497 e. The van der Waals surface area contributed by atoms with E-state index in [4.69, 9.17) is 9.84 Å². The zero-order valence-corrected chi connectivity index (χ0v) is 15.6. The van der Waals surface area contributed by atoms with Crippen molar-refractivity contribution in [1.29, 1.82) is 0 Å². The molecule has 5 nitrogen and oxygen atoms in total. The van der Waals surface area contributed by atoms with Gasteiger partial charge in [0.1, 0.15) is 11.4 Å². The van der Waals surface area contributed by atoms with Crippen LogP contribution in [-0.2, 0) is 0 Å². The van der Waals surface area contributed by atoms with Gasteiger partial charge in [0, 0.05) is 24.8 Å². The van der Waals surface area contributed by atoms with E-state index in [0.29, 0.717) is 17.2 Å². The van der Waals surface area contributed by atoms with E-state index >= 15 is 0 Å². The summed E-state index contributed by atoms with van der Waals surface area (Å²) in [5.74, 6) is 1.37. The normalized spacial score (nSPS) is 16.5. The maximum atomic E-state index is 13.2. The van der Waals surface area contributed by atoms with Gasteiger partial charge >= 0.3 is 0 Å². The summed E-state index contributed by atoms with van der Waals surface area (Å²) >= 11 is 0. The summed E-state index contributed by atoms with van der Waals surface area (Å²) in [6, 6.07) is 17.5. The van der Waals surface area contributed by atoms with Crippen LogP contribution >= 0.6 is 0 Å². The number of ether oxygens (including phenoxy) is 1. The lowest BCUT2D eigenvalue weighted by atomic mass is 10.1. The van der Waals surface area contributed by atoms with Crippen molar-refractivity contribution in [1.82, 2.24) is 14.7 Å². The van der Waals surface area contributed by atoms with Gasteiger partial charge in [0.2, 0.25) is 0 Å². The molecule has 1 atom stereocenters. The van der Waals surface area contributed by atoms with Crippen molar-refractivity contribution in [2.24, 2.45) is 5.92 Å². The number of rotatable bonds is 4. The van der Waals surface area contributed by atoms with Crippen LogP contribution in [0.15, 0.2) is 60.8 Å². The zero-order valence-electron chi connectivity index (χ0n) is 15.6. The third kappa shape index (κ3) is 3.45. The molecule has 0 spiro atoms. The van der Waals surface area contributed by atoms with E-state index < -0.39 is 0 Å². The second-order valence-corrected chi connectivity index (χ2v) is 7.05. The summed E-state index contributed by atoms with van der Waals surface area (Å²) < 4.78 is 7.03. The Morgan fingerprint density at radius 3 is 2.48 bits per heavy atom. The maximum absolute atomic E-state index is 13.2. The number of hydrogen-bond acceptors (Lipinski definition) is 3. The average Bonchev–Trinajstić information content (AvgIpc) is 3.35. The second-order valence-electron chi connectivity index (χ2n) is 7.05. The molecule has 0 radical (unpaired) electrons. The molecule has 5 heteroatoms. The van der Waals surface area contributed by atoms with Crippen LogP contribution in [0.25, 0.3) is 16.9 Å². The highest BCUT2D eigenvalue weighted by Gasteiger charge is 2.28. The van der Waals surface area contributed by atoms with Gasteiger partial charge in [0.25, 0.3) is 5.91 Å². The summed E-state index contributed by atoms with van der Waals surface area (Å²) in [5, 5.41) is 4.75. The predicted molar refractivity (Wildman–Crippen MR) is 105 cm³/mol. The molecule has 138 valence electrons. The standard InChI is InChI=1S/C22H23N3O2/c1-16-12-13-24(14-16)22(26)20-15-25(18-6-4-3-5-7-18)23-21(20)17-8-10-19(27-2)11-9-17/h3-11,15-16H,12-14H2,1-2H3. The largest absolute Gasteiger partial charge is 0.497 e. The second kappa shape index (κ2) is 7.27. The van der Waals surface area contributed by atoms with Crippen molar-refractivity contribution in [3.63, 3.8) is 0 Å². The van der Waals surface area contributed by atoms with E-state index in [1.54, 1.807) is 11.8 Å². The topological polar surface area (TPSA) is 47.4 Å². The molecule has 0 bridgehead atoms. The summed E-state index contributed by atoms with van der Waals surface area (Å²) in [5.41, 5.74) is 3.17. The van der Waals surface area contributed by atoms with Gasteiger partial charge in [0.15, 0.2) is 0 Å². The number of nitrogens with zero attached hydrogens (tertiary/aromatic N) is 3. The molecule has 1 aliphatic heterocycles. The van der Waals surface area contributed by atoms with Crippen LogP contribution < -0.4 is 4.74 Å². The van der Waals surface area contributed by atoms with Gasteiger partial charge in [-0.15, -0.1) is 0 Å². The van der Waals surface area contributed by atoms with Crippen molar-refractivity contribution >= 4 is 5.91 Å². The Hall–Kier alpha value is -3.08. The van der Waals surface area contributed by atoms with E-state index in [0.717, 1.165) is 36.5 Å². The molecular formula is C22H23N3O2. The highest BCUT2D eigenvalue weighted by Crippen LogP contribution is 2.28. The van der Waals surface area contributed by atoms with Gasteiger partial charge in [-0.05, 0) is 48.7 Å². The van der Waals surface area contributed by atoms with E-state index in [1.807, 2.05) is 65.7 Å². The molecule has 1 fully saturated rings. The van der Waals surface area contributed by atoms with Crippen molar-refractivity contribution in [2.45, 2.75) is 13.3 Å². The van der Waals surface area contributed by atoms with Gasteiger partial charge < -0.3 is 9.64 Å². The van der Waals surface area contributed by atoms with Crippen molar-refractivity contribution in [3.05, 3.63) is 66.4 Å². The summed E-state index contributed by atoms with van der Waals surface area (Å²) in [6.45, 7) is 3.79. The third-order valence-corrected chi connectivity index (χ3v) is 5.04. The number of carbonyl (C=O) groups is 1. The molecule has 1 aliphatic rings. The van der Waals surface area contributed by atoms with Crippen LogP contribution in [0.5, 0.6) is 5.75 Å². The molecule has 4 rings (SSSR count). The van der Waals surface area contributed by atoms with Gasteiger partial charge in [0.05, 0.1) is 18.4 Å². The van der Waals surface area contributed by atoms with Crippen LogP contribution in [0.2, 0.25) is 0 Å². The predicted octanol–water partition coefficient (Wildman–Crippen LogP) is 4.03. The number of para-hydroxylation sites is 1. The van der Waals surface area contributed by atoms with E-state index in [2.05, 4.69) is 6.92 Å². The summed E-state index contributed by atoms with van der Waals surface area (Å²) in [6.07, 6.45) is 2.90. The Labute approximate surface area is 159 Å². The molecule has 0 aliphatic carbocycles. The average molecular weight is 361 g/mol. The number of carbonyl (C=O) groups excluding carboxylic acids is 1. The molecule has 2 aromatic carbocycles. The lowest BCUT2D eigenvalue weighted by molar-refractivity contribution is 0.0789. The third-order valence-electron chi connectivity index (χ3n) is 5.04. The lowest BCUT2D eigenvalue weighted by Gasteiger charge is -2.15. The maximum Gasteiger partial charge on any atom is 0.257 e. The van der Waals surface area contributed by atoms with Crippen molar-refractivity contribution in [2.75, 3.05) is 20.2 Å². The summed E-state index contributed by atoms with van der Waals surface area (Å²) in [4.78, 5) is 15.1. The Kier molecular flexibility index (Phi) is 4.67. The Morgan fingerprint density at radius 2 is 1.85 bits per heavy atom. The Bertz CT molecular complexity index is 932. The first kappa shape index (κ1) is 17.3. The smallest absolute Gasteiger partial charge is 0.257 e. The van der Waals surface area contributed by atoms with Gasteiger partial charge in [-0.1, -0.05) is 25.1 Å². The van der Waals surface area contributed by atoms with Crippen LogP contribution in [0.3, 0.4) is 0 Å². The number of likely N-dealkylation sites (tertiary alicyclic amines) is 1. The first-order valence-electron chi connectivity index (χ1n) is 9.24. The molecule has 0 saturated carbocycles. The highest BCUT2D eigenvalue weighted by molar-refractivity contribution is 6.00. The number of aromatic nitrogens is 2. The molecule has 0 N–H and O–H groups in total. The van der Waals surface area contributed by atoms with Crippen LogP contribution in [0.1, 0.15) is 23.7 Å². The van der Waals surface area contributed by atoms with Crippen LogP contribution in [-0.4, -0.2) is 40.8 Å². The monoisotopic (exact) mass is 361 g/mol. The van der Waals surface area contributed by atoms with Gasteiger partial charge in [-0.3, -0.25) is 4.79 Å². The Morgan fingerprint density at radius 1 is 1.11 bits per heavy atom. The van der Waals surface area contributed by atoms with Gasteiger partial charge in [-0.25, -0.2) is 4.68 Å². The molecule has 3 aromatic rings. The van der Waals surface area contributed by atoms with Crippen LogP contribution in [0.4, 0.5) is 0 Å². The number of hydrogen-bond donors (Lipinski definition) is 0. The fourth-order valence-corrected chi connectivity index (χ4v) is 3.50. The molecule has 1 aromatic heterocycles. The first-order chi connectivity index (χ1) is 13.2. The first-order valence-corrected chi connectivity index (χ1v) is 9.24. The number of methoxy groups -OCH3 is 1. The molecule has 1 unspecified atom stereocenters. The number of amides is 1. The summed E-state index contributed by atoms with van der Waals surface area (Å²) in [7, 11) is 1.64. The fourth-order valence-electron chi connectivity index (χ4n) is 3.50. The Balaban J connectivity index is 1.77. The van der Waals surface area contributed by atoms with E-state index in [9.17, 15) is 4.79 Å². The van der Waals surface area contributed by atoms with Crippen molar-refractivity contribution in [3.8, 4) is 22.7 Å². The zero-order chi connectivity index (χ0) is 18.8. The molecule has 27 heavy (non-hydrogen) atoms. The highest BCUT2D eigenvalue weighted by atomic mass is 16.5. The molecule has 2 heterocycles. The minimum absolute atomic E-state index is 0.0485. The number of benzene rings is 2.